The zero-order valence-electron chi connectivity index (χ0n) is 15.0. The van der Waals surface area contributed by atoms with Gasteiger partial charge in [0.15, 0.2) is 0 Å². The zero-order chi connectivity index (χ0) is 20.9. The Morgan fingerprint density at radius 2 is 1.89 bits per heavy atom. The van der Waals surface area contributed by atoms with Gasteiger partial charge in [-0.2, -0.15) is 13.2 Å². The minimum absolute atomic E-state index is 0.0139. The molecule has 10 heteroatoms. The molecule has 2 aromatic rings. The molecule has 28 heavy (non-hydrogen) atoms. The summed E-state index contributed by atoms with van der Waals surface area (Å²) < 4.78 is 49.2. The predicted molar refractivity (Wildman–Crippen MR) is 94.6 cm³/mol. The quantitative estimate of drug-likeness (QED) is 0.429. The second-order valence-corrected chi connectivity index (χ2v) is 5.76. The van der Waals surface area contributed by atoms with Gasteiger partial charge in [0, 0.05) is 24.3 Å². The fraction of sp³-hybridized carbons (Fsp3) is 0.278. The number of amides is 1. The maximum absolute atomic E-state index is 13.0. The number of nitro groups is 1. The van der Waals surface area contributed by atoms with Crippen molar-refractivity contribution in [3.05, 3.63) is 63.2 Å². The van der Waals surface area contributed by atoms with E-state index in [9.17, 15) is 28.1 Å². The summed E-state index contributed by atoms with van der Waals surface area (Å²) in [5, 5.41) is 13.4. The van der Waals surface area contributed by atoms with Gasteiger partial charge in [0.1, 0.15) is 12.4 Å². The molecule has 2 rings (SSSR count). The van der Waals surface area contributed by atoms with Crippen LogP contribution in [0.25, 0.3) is 0 Å². The molecule has 0 saturated heterocycles. The third-order valence-corrected chi connectivity index (χ3v) is 3.77. The number of alkyl halides is 3. The minimum atomic E-state index is -4.62. The highest BCUT2D eigenvalue weighted by Gasteiger charge is 2.31. The summed E-state index contributed by atoms with van der Waals surface area (Å²) in [5.74, 6) is -0.793. The Labute approximate surface area is 158 Å². The van der Waals surface area contributed by atoms with Gasteiger partial charge in [0.25, 0.3) is 11.6 Å². The SMILES string of the molecule is COCCOc1ccc(C(F)(F)F)cc1NC(=O)c1ccc(C)c([N+](=O)[O-])c1. The van der Waals surface area contributed by atoms with Gasteiger partial charge in [-0.25, -0.2) is 0 Å². The van der Waals surface area contributed by atoms with Gasteiger partial charge in [0.05, 0.1) is 22.8 Å². The zero-order valence-corrected chi connectivity index (χ0v) is 15.0. The molecule has 7 nitrogen and oxygen atoms in total. The number of nitro benzene ring substituents is 1. The Hall–Kier alpha value is -3.14. The van der Waals surface area contributed by atoms with Crippen LogP contribution in [0, 0.1) is 17.0 Å². The number of hydrogen-bond donors (Lipinski definition) is 1. The van der Waals surface area contributed by atoms with Gasteiger partial charge < -0.3 is 14.8 Å². The van der Waals surface area contributed by atoms with Crippen LogP contribution in [0.5, 0.6) is 5.75 Å². The minimum Gasteiger partial charge on any atom is -0.489 e. The van der Waals surface area contributed by atoms with Crippen LogP contribution in [0.1, 0.15) is 21.5 Å². The van der Waals surface area contributed by atoms with Crippen LogP contribution in [0.15, 0.2) is 36.4 Å². The van der Waals surface area contributed by atoms with Crippen LogP contribution in [0.2, 0.25) is 0 Å². The molecule has 0 aliphatic heterocycles. The number of nitrogens with one attached hydrogen (secondary N) is 1. The van der Waals surface area contributed by atoms with Crippen molar-refractivity contribution >= 4 is 17.3 Å². The highest BCUT2D eigenvalue weighted by Crippen LogP contribution is 2.35. The van der Waals surface area contributed by atoms with E-state index in [1.165, 1.54) is 26.2 Å². The Kier molecular flexibility index (Phi) is 6.57. The van der Waals surface area contributed by atoms with Gasteiger partial charge in [-0.15, -0.1) is 0 Å². The number of methoxy groups -OCH3 is 1. The smallest absolute Gasteiger partial charge is 0.416 e. The lowest BCUT2D eigenvalue weighted by Crippen LogP contribution is -2.15. The molecule has 0 bridgehead atoms. The standard InChI is InChI=1S/C18H17F3N2O5/c1-11-3-4-12(9-15(11)23(25)26)17(24)22-14-10-13(18(19,20)21)5-6-16(14)28-8-7-27-2/h3-6,9-10H,7-8H2,1-2H3,(H,22,24). The molecule has 0 atom stereocenters. The first kappa shape index (κ1) is 21.2. The molecule has 0 spiro atoms. The van der Waals surface area contributed by atoms with E-state index >= 15 is 0 Å². The molecule has 0 aliphatic rings. The van der Waals surface area contributed by atoms with Gasteiger partial charge in [0.2, 0.25) is 0 Å². The number of hydrogen-bond acceptors (Lipinski definition) is 5. The predicted octanol–water partition coefficient (Wildman–Crippen LogP) is 4.20. The normalized spacial score (nSPS) is 11.2. The highest BCUT2D eigenvalue weighted by atomic mass is 19.4. The van der Waals surface area contributed by atoms with Gasteiger partial charge in [-0.3, -0.25) is 14.9 Å². The fourth-order valence-corrected chi connectivity index (χ4v) is 2.31. The number of carbonyl (C=O) groups is 1. The molecule has 0 radical (unpaired) electrons. The van der Waals surface area contributed by atoms with E-state index < -0.39 is 22.6 Å². The average molecular weight is 398 g/mol. The monoisotopic (exact) mass is 398 g/mol. The van der Waals surface area contributed by atoms with Crippen molar-refractivity contribution in [1.29, 1.82) is 0 Å². The van der Waals surface area contributed by atoms with E-state index in [4.69, 9.17) is 9.47 Å². The summed E-state index contributed by atoms with van der Waals surface area (Å²) in [4.78, 5) is 22.8. The first-order valence-corrected chi connectivity index (χ1v) is 8.03. The van der Waals surface area contributed by atoms with Crippen molar-refractivity contribution in [2.45, 2.75) is 13.1 Å². The number of aryl methyl sites for hydroxylation is 1. The summed E-state index contributed by atoms with van der Waals surface area (Å²) in [5.41, 5.74) is -1.18. The number of carbonyl (C=O) groups excluding carboxylic acids is 1. The molecule has 0 fully saturated rings. The van der Waals surface area contributed by atoms with Crippen molar-refractivity contribution in [1.82, 2.24) is 0 Å². The Bertz CT molecular complexity index is 884. The van der Waals surface area contributed by atoms with Gasteiger partial charge in [-0.05, 0) is 31.2 Å². The molecule has 0 heterocycles. The van der Waals surface area contributed by atoms with E-state index in [1.54, 1.807) is 0 Å². The van der Waals surface area contributed by atoms with E-state index in [2.05, 4.69) is 5.32 Å². The Balaban J connectivity index is 2.35. The van der Waals surface area contributed by atoms with Crippen LogP contribution in [-0.2, 0) is 10.9 Å². The fourth-order valence-electron chi connectivity index (χ4n) is 2.31. The number of halogens is 3. The summed E-state index contributed by atoms with van der Waals surface area (Å²) >= 11 is 0. The van der Waals surface area contributed by atoms with Crippen molar-refractivity contribution in [2.24, 2.45) is 0 Å². The third kappa shape index (κ3) is 5.19. The van der Waals surface area contributed by atoms with Crippen LogP contribution in [0.3, 0.4) is 0 Å². The number of nitrogens with zero attached hydrogens (tertiary/aromatic N) is 1. The lowest BCUT2D eigenvalue weighted by molar-refractivity contribution is -0.385. The van der Waals surface area contributed by atoms with Crippen molar-refractivity contribution in [2.75, 3.05) is 25.6 Å². The summed E-state index contributed by atoms with van der Waals surface area (Å²) in [6, 6.07) is 6.44. The lowest BCUT2D eigenvalue weighted by atomic mass is 10.1. The van der Waals surface area contributed by atoms with E-state index in [0.717, 1.165) is 24.3 Å². The molecule has 0 saturated carbocycles. The molecule has 1 amide bonds. The van der Waals surface area contributed by atoms with E-state index in [-0.39, 0.29) is 35.9 Å². The number of anilines is 1. The lowest BCUT2D eigenvalue weighted by Gasteiger charge is -2.15. The Morgan fingerprint density at radius 1 is 1.18 bits per heavy atom. The molecule has 0 aromatic heterocycles. The number of rotatable bonds is 7. The van der Waals surface area contributed by atoms with Crippen LogP contribution in [0.4, 0.5) is 24.5 Å². The van der Waals surface area contributed by atoms with Gasteiger partial charge >= 0.3 is 6.18 Å². The molecular formula is C18H17F3N2O5. The van der Waals surface area contributed by atoms with Crippen molar-refractivity contribution < 1.29 is 32.4 Å². The highest BCUT2D eigenvalue weighted by molar-refractivity contribution is 6.05. The maximum Gasteiger partial charge on any atom is 0.416 e. The van der Waals surface area contributed by atoms with Crippen LogP contribution >= 0.6 is 0 Å². The Morgan fingerprint density at radius 3 is 2.50 bits per heavy atom. The second kappa shape index (κ2) is 8.70. The summed E-state index contributed by atoms with van der Waals surface area (Å²) in [6.45, 7) is 1.76. The van der Waals surface area contributed by atoms with Crippen molar-refractivity contribution in [3.63, 3.8) is 0 Å². The van der Waals surface area contributed by atoms with E-state index in [1.807, 2.05) is 0 Å². The van der Waals surface area contributed by atoms with Crippen LogP contribution < -0.4 is 10.1 Å². The molecule has 2 aromatic carbocycles. The second-order valence-electron chi connectivity index (χ2n) is 5.76. The molecular weight excluding hydrogens is 381 g/mol. The maximum atomic E-state index is 13.0. The average Bonchev–Trinajstić information content (AvgIpc) is 2.62. The third-order valence-electron chi connectivity index (χ3n) is 3.77. The molecule has 0 aliphatic carbocycles. The van der Waals surface area contributed by atoms with Crippen LogP contribution in [-0.4, -0.2) is 31.2 Å². The first-order valence-electron chi connectivity index (χ1n) is 8.03. The topological polar surface area (TPSA) is 90.7 Å². The van der Waals surface area contributed by atoms with Gasteiger partial charge in [-0.1, -0.05) is 6.07 Å². The first-order chi connectivity index (χ1) is 13.1. The molecule has 150 valence electrons. The molecule has 0 unspecified atom stereocenters. The molecule has 1 N–H and O–H groups in total. The largest absolute Gasteiger partial charge is 0.489 e. The summed E-state index contributed by atoms with van der Waals surface area (Å²) in [6.07, 6.45) is -4.62. The summed E-state index contributed by atoms with van der Waals surface area (Å²) in [7, 11) is 1.43. The van der Waals surface area contributed by atoms with E-state index in [0.29, 0.717) is 5.56 Å². The van der Waals surface area contributed by atoms with Crippen molar-refractivity contribution in [3.8, 4) is 5.75 Å². The number of benzene rings is 2. The number of ether oxygens (including phenoxy) is 2.